The number of carbonyl (C=O) groups excluding carboxylic acids is 2. The minimum atomic E-state index is -0.764. The van der Waals surface area contributed by atoms with Gasteiger partial charge in [0.25, 0.3) is 0 Å². The largest absolute Gasteiger partial charge is 0.462 e. The van der Waals surface area contributed by atoms with Gasteiger partial charge in [0.15, 0.2) is 6.10 Å². The van der Waals surface area contributed by atoms with Crippen LogP contribution in [0.25, 0.3) is 0 Å². The summed E-state index contributed by atoms with van der Waals surface area (Å²) in [6, 6.07) is 0. The molecule has 0 rings (SSSR count). The molecule has 230 valence electrons. The van der Waals surface area contributed by atoms with Crippen LogP contribution in [0.3, 0.4) is 0 Å². The Kier molecular flexibility index (Phi) is 30.1. The van der Waals surface area contributed by atoms with E-state index >= 15 is 0 Å². The summed E-state index contributed by atoms with van der Waals surface area (Å²) in [6.07, 6.45) is 32.6. The van der Waals surface area contributed by atoms with Crippen LogP contribution in [0, 0.1) is 0 Å². The maximum Gasteiger partial charge on any atom is 0.306 e. The predicted octanol–water partition coefficient (Wildman–Crippen LogP) is 9.78. The number of hydrogen-bond acceptors (Lipinski definition) is 5. The monoisotopic (exact) mass is 552 g/mol. The van der Waals surface area contributed by atoms with Crippen molar-refractivity contribution in [1.82, 2.24) is 0 Å². The first kappa shape index (κ1) is 37.6. The van der Waals surface area contributed by atoms with E-state index in [9.17, 15) is 14.7 Å². The van der Waals surface area contributed by atoms with E-state index in [1.807, 2.05) is 0 Å². The number of aliphatic hydroxyl groups is 1. The summed E-state index contributed by atoms with van der Waals surface area (Å²) < 4.78 is 10.5. The number of aliphatic hydroxyl groups excluding tert-OH is 1. The number of hydrogen-bond donors (Lipinski definition) is 1. The van der Waals surface area contributed by atoms with Gasteiger partial charge in [-0.3, -0.25) is 9.59 Å². The zero-order chi connectivity index (χ0) is 28.7. The van der Waals surface area contributed by atoms with Crippen molar-refractivity contribution in [2.45, 2.75) is 180 Å². The van der Waals surface area contributed by atoms with Crippen molar-refractivity contribution in [3.63, 3.8) is 0 Å². The number of allylic oxidation sites excluding steroid dienone is 2. The number of ether oxygens (including phenoxy) is 2. The zero-order valence-corrected chi connectivity index (χ0v) is 25.9. The van der Waals surface area contributed by atoms with Crippen molar-refractivity contribution in [1.29, 1.82) is 0 Å². The zero-order valence-electron chi connectivity index (χ0n) is 25.9. The molecule has 5 heteroatoms. The van der Waals surface area contributed by atoms with Crippen molar-refractivity contribution in [3.8, 4) is 0 Å². The third-order valence-electron chi connectivity index (χ3n) is 7.31. The fourth-order valence-corrected chi connectivity index (χ4v) is 4.72. The molecule has 0 saturated carbocycles. The summed E-state index contributed by atoms with van der Waals surface area (Å²) in [7, 11) is 0. The van der Waals surface area contributed by atoms with Crippen molar-refractivity contribution in [2.24, 2.45) is 0 Å². The second-order valence-corrected chi connectivity index (χ2v) is 11.2. The van der Waals surface area contributed by atoms with E-state index < -0.39 is 6.10 Å². The molecule has 0 aliphatic carbocycles. The predicted molar refractivity (Wildman–Crippen MR) is 164 cm³/mol. The molecule has 0 aromatic rings. The lowest BCUT2D eigenvalue weighted by Gasteiger charge is -2.15. The molecule has 0 amide bonds. The van der Waals surface area contributed by atoms with Crippen LogP contribution < -0.4 is 0 Å². The summed E-state index contributed by atoms with van der Waals surface area (Å²) in [5.74, 6) is -0.594. The van der Waals surface area contributed by atoms with Crippen molar-refractivity contribution in [3.05, 3.63) is 12.2 Å². The molecular weight excluding hydrogens is 488 g/mol. The molecule has 0 bridgehead atoms. The summed E-state index contributed by atoms with van der Waals surface area (Å²) in [4.78, 5) is 24.0. The first-order valence-corrected chi connectivity index (χ1v) is 16.7. The Balaban J connectivity index is 3.57. The minimum Gasteiger partial charge on any atom is -0.462 e. The first-order valence-electron chi connectivity index (χ1n) is 16.7. The van der Waals surface area contributed by atoms with Gasteiger partial charge in [-0.05, 0) is 38.5 Å². The highest BCUT2D eigenvalue weighted by atomic mass is 16.6. The lowest BCUT2D eigenvalue weighted by Crippen LogP contribution is -2.28. The van der Waals surface area contributed by atoms with Crippen LogP contribution in [-0.2, 0) is 19.1 Å². The molecule has 0 heterocycles. The Morgan fingerprint density at radius 3 is 1.41 bits per heavy atom. The van der Waals surface area contributed by atoms with Gasteiger partial charge in [0.05, 0.1) is 6.61 Å². The highest BCUT2D eigenvalue weighted by Crippen LogP contribution is 2.13. The molecule has 39 heavy (non-hydrogen) atoms. The Morgan fingerprint density at radius 1 is 0.564 bits per heavy atom. The van der Waals surface area contributed by atoms with E-state index in [0.29, 0.717) is 12.8 Å². The van der Waals surface area contributed by atoms with Gasteiger partial charge in [0.2, 0.25) is 0 Å². The second kappa shape index (κ2) is 31.2. The van der Waals surface area contributed by atoms with Crippen molar-refractivity contribution < 1.29 is 24.2 Å². The molecule has 0 aliphatic rings. The quantitative estimate of drug-likeness (QED) is 0.0545. The summed E-state index contributed by atoms with van der Waals surface area (Å²) >= 11 is 0. The fraction of sp³-hybridized carbons (Fsp3) is 0.882. The smallest absolute Gasteiger partial charge is 0.306 e. The molecule has 0 aliphatic heterocycles. The second-order valence-electron chi connectivity index (χ2n) is 11.2. The maximum absolute atomic E-state index is 12.1. The first-order chi connectivity index (χ1) is 19.1. The highest BCUT2D eigenvalue weighted by Gasteiger charge is 2.16. The van der Waals surface area contributed by atoms with Crippen molar-refractivity contribution >= 4 is 11.9 Å². The van der Waals surface area contributed by atoms with Gasteiger partial charge in [-0.2, -0.15) is 0 Å². The molecule has 0 fully saturated rings. The lowest BCUT2D eigenvalue weighted by molar-refractivity contribution is -0.161. The fourth-order valence-electron chi connectivity index (χ4n) is 4.72. The molecule has 0 saturated heterocycles. The summed E-state index contributed by atoms with van der Waals surface area (Å²) in [6.45, 7) is 4.10. The third-order valence-corrected chi connectivity index (χ3v) is 7.31. The third kappa shape index (κ3) is 29.4. The molecule has 0 aromatic heterocycles. The molecule has 0 radical (unpaired) electrons. The van der Waals surface area contributed by atoms with Crippen LogP contribution >= 0.6 is 0 Å². The number of unbranched alkanes of at least 4 members (excludes halogenated alkanes) is 20. The van der Waals surface area contributed by atoms with Crippen LogP contribution in [0.15, 0.2) is 12.2 Å². The molecular formula is C34H64O5. The van der Waals surface area contributed by atoms with Gasteiger partial charge in [0, 0.05) is 12.8 Å². The van der Waals surface area contributed by atoms with E-state index in [-0.39, 0.29) is 25.2 Å². The molecule has 1 N–H and O–H groups in total. The topological polar surface area (TPSA) is 72.8 Å². The number of carbonyl (C=O) groups is 2. The average molecular weight is 553 g/mol. The van der Waals surface area contributed by atoms with Crippen LogP contribution in [-0.4, -0.2) is 36.4 Å². The molecule has 0 unspecified atom stereocenters. The van der Waals surface area contributed by atoms with E-state index in [1.54, 1.807) is 0 Å². The molecule has 0 spiro atoms. The minimum absolute atomic E-state index is 0.0626. The van der Waals surface area contributed by atoms with Gasteiger partial charge >= 0.3 is 11.9 Å². The van der Waals surface area contributed by atoms with Gasteiger partial charge in [-0.1, -0.05) is 135 Å². The average Bonchev–Trinajstić information content (AvgIpc) is 2.94. The Morgan fingerprint density at radius 2 is 0.949 bits per heavy atom. The van der Waals surface area contributed by atoms with Gasteiger partial charge < -0.3 is 14.6 Å². The molecule has 1 atom stereocenters. The normalized spacial score (nSPS) is 12.2. The van der Waals surface area contributed by atoms with E-state index in [4.69, 9.17) is 9.47 Å². The number of esters is 2. The van der Waals surface area contributed by atoms with Crippen molar-refractivity contribution in [2.75, 3.05) is 13.2 Å². The standard InChI is InChI=1S/C34H64O5/c1-3-5-7-9-11-13-15-16-17-18-19-21-23-25-27-29-34(37)39-32(30-35)31-38-33(36)28-26-24-22-20-14-12-10-8-6-4-2/h13,15,32,35H,3-12,14,16-31H2,1-2H3/b15-13+/t32-/m0/s1. The lowest BCUT2D eigenvalue weighted by atomic mass is 10.1. The van der Waals surface area contributed by atoms with Crippen LogP contribution in [0.5, 0.6) is 0 Å². The van der Waals surface area contributed by atoms with Crippen LogP contribution in [0.2, 0.25) is 0 Å². The van der Waals surface area contributed by atoms with Gasteiger partial charge in [-0.15, -0.1) is 0 Å². The van der Waals surface area contributed by atoms with Gasteiger partial charge in [-0.25, -0.2) is 0 Å². The maximum atomic E-state index is 12.1. The van der Waals surface area contributed by atoms with E-state index in [1.165, 1.54) is 109 Å². The summed E-state index contributed by atoms with van der Waals surface area (Å²) in [5.41, 5.74) is 0. The van der Waals surface area contributed by atoms with E-state index in [0.717, 1.165) is 38.5 Å². The Labute approximate surface area is 241 Å². The van der Waals surface area contributed by atoms with E-state index in [2.05, 4.69) is 26.0 Å². The Hall–Kier alpha value is -1.36. The number of rotatable bonds is 30. The van der Waals surface area contributed by atoms with Crippen LogP contribution in [0.1, 0.15) is 174 Å². The Bertz CT molecular complexity index is 560. The SMILES string of the molecule is CCCCCC/C=C/CCCCCCCCCC(=O)O[C@@H](CO)COC(=O)CCCCCCCCCCCC. The molecule has 0 aromatic carbocycles. The summed E-state index contributed by atoms with van der Waals surface area (Å²) in [5, 5.41) is 9.48. The highest BCUT2D eigenvalue weighted by molar-refractivity contribution is 5.70. The molecule has 5 nitrogen and oxygen atoms in total. The van der Waals surface area contributed by atoms with Crippen LogP contribution in [0.4, 0.5) is 0 Å². The van der Waals surface area contributed by atoms with Gasteiger partial charge in [0.1, 0.15) is 6.61 Å².